The molecule has 2 rings (SSSR count). The van der Waals surface area contributed by atoms with E-state index in [-0.39, 0.29) is 5.41 Å². The molecule has 0 aliphatic heterocycles. The first-order valence-electron chi connectivity index (χ1n) is 6.80. The topological polar surface area (TPSA) is 31.4 Å². The number of aryl methyl sites for hydroxylation is 1. The zero-order valence-corrected chi connectivity index (χ0v) is 14.6. The van der Waals surface area contributed by atoms with Gasteiger partial charge in [0.25, 0.3) is 0 Å². The first-order valence-corrected chi connectivity index (χ1v) is 7.59. The Morgan fingerprint density at radius 1 is 1.14 bits per heavy atom. The fraction of sp³-hybridized carbons (Fsp3) is 0.353. The number of pyridine rings is 1. The smallest absolute Gasteiger partial charge is 0.222 e. The van der Waals surface area contributed by atoms with Crippen LogP contribution in [0.1, 0.15) is 31.9 Å². The molecule has 1 aromatic heterocycles. The molecule has 0 saturated carbocycles. The van der Waals surface area contributed by atoms with Crippen molar-refractivity contribution in [2.75, 3.05) is 7.11 Å². The van der Waals surface area contributed by atoms with E-state index in [2.05, 4.69) is 41.7 Å². The van der Waals surface area contributed by atoms with Crippen molar-refractivity contribution >= 4 is 15.9 Å². The van der Waals surface area contributed by atoms with E-state index in [1.807, 2.05) is 31.2 Å². The third kappa shape index (κ3) is 3.76. The number of rotatable bonds is 3. The standard InChI is InChI=1S/C17H20BrNO2/c1-11-8-12(18)10-19-16(11)21-15-7-6-13(20-5)9-14(15)17(2,3)4/h6-10H,1-5H3. The summed E-state index contributed by atoms with van der Waals surface area (Å²) in [6.45, 7) is 8.43. The maximum Gasteiger partial charge on any atom is 0.222 e. The van der Waals surface area contributed by atoms with Crippen molar-refractivity contribution in [2.24, 2.45) is 0 Å². The molecule has 3 nitrogen and oxygen atoms in total. The molecule has 112 valence electrons. The highest BCUT2D eigenvalue weighted by atomic mass is 79.9. The molecule has 1 aromatic carbocycles. The third-order valence-corrected chi connectivity index (χ3v) is 3.63. The zero-order chi connectivity index (χ0) is 15.6. The number of aromatic nitrogens is 1. The van der Waals surface area contributed by atoms with Crippen molar-refractivity contribution in [2.45, 2.75) is 33.1 Å². The maximum absolute atomic E-state index is 6.03. The van der Waals surface area contributed by atoms with Crippen LogP contribution in [0.4, 0.5) is 0 Å². The van der Waals surface area contributed by atoms with Crippen LogP contribution in [0.25, 0.3) is 0 Å². The number of hydrogen-bond donors (Lipinski definition) is 0. The SMILES string of the molecule is COc1ccc(Oc2ncc(Br)cc2C)c(C(C)(C)C)c1. The van der Waals surface area contributed by atoms with Crippen molar-refractivity contribution in [3.05, 3.63) is 46.1 Å². The predicted molar refractivity (Wildman–Crippen MR) is 88.4 cm³/mol. The van der Waals surface area contributed by atoms with E-state index < -0.39 is 0 Å². The van der Waals surface area contributed by atoms with Gasteiger partial charge in [-0.25, -0.2) is 4.98 Å². The summed E-state index contributed by atoms with van der Waals surface area (Å²) in [5, 5.41) is 0. The largest absolute Gasteiger partial charge is 0.497 e. The lowest BCUT2D eigenvalue weighted by Crippen LogP contribution is -2.13. The van der Waals surface area contributed by atoms with E-state index in [4.69, 9.17) is 9.47 Å². The molecule has 0 atom stereocenters. The second kappa shape index (κ2) is 6.06. The number of halogens is 1. The van der Waals surface area contributed by atoms with Crippen LogP contribution in [0.2, 0.25) is 0 Å². The summed E-state index contributed by atoms with van der Waals surface area (Å²) < 4.78 is 12.3. The van der Waals surface area contributed by atoms with Gasteiger partial charge < -0.3 is 9.47 Å². The van der Waals surface area contributed by atoms with Gasteiger partial charge in [0, 0.05) is 21.8 Å². The molecule has 0 unspecified atom stereocenters. The minimum atomic E-state index is -0.0485. The molecule has 0 aliphatic carbocycles. The Balaban J connectivity index is 2.44. The fourth-order valence-corrected chi connectivity index (χ4v) is 2.50. The quantitative estimate of drug-likeness (QED) is 0.758. The molecule has 4 heteroatoms. The number of nitrogens with zero attached hydrogens (tertiary/aromatic N) is 1. The molecule has 0 radical (unpaired) electrons. The average molecular weight is 350 g/mol. The van der Waals surface area contributed by atoms with Gasteiger partial charge in [-0.3, -0.25) is 0 Å². The van der Waals surface area contributed by atoms with Crippen molar-refractivity contribution in [1.29, 1.82) is 0 Å². The summed E-state index contributed by atoms with van der Waals surface area (Å²) in [6, 6.07) is 7.84. The van der Waals surface area contributed by atoms with Crippen molar-refractivity contribution < 1.29 is 9.47 Å². The minimum absolute atomic E-state index is 0.0485. The number of methoxy groups -OCH3 is 1. The maximum atomic E-state index is 6.03. The van der Waals surface area contributed by atoms with E-state index in [0.29, 0.717) is 5.88 Å². The van der Waals surface area contributed by atoms with Gasteiger partial charge in [-0.2, -0.15) is 0 Å². The molecule has 1 heterocycles. The highest BCUT2D eigenvalue weighted by Gasteiger charge is 2.21. The van der Waals surface area contributed by atoms with Crippen LogP contribution in [0.3, 0.4) is 0 Å². The summed E-state index contributed by atoms with van der Waals surface area (Å²) in [5.41, 5.74) is 2.03. The second-order valence-electron chi connectivity index (χ2n) is 5.99. The second-order valence-corrected chi connectivity index (χ2v) is 6.91. The Morgan fingerprint density at radius 2 is 1.86 bits per heavy atom. The summed E-state index contributed by atoms with van der Waals surface area (Å²) in [6.07, 6.45) is 1.74. The lowest BCUT2D eigenvalue weighted by Gasteiger charge is -2.23. The van der Waals surface area contributed by atoms with Gasteiger partial charge in [0.05, 0.1) is 7.11 Å². The monoisotopic (exact) mass is 349 g/mol. The number of ether oxygens (including phenoxy) is 2. The van der Waals surface area contributed by atoms with Crippen molar-refractivity contribution in [3.8, 4) is 17.4 Å². The van der Waals surface area contributed by atoms with E-state index in [0.717, 1.165) is 27.1 Å². The molecular formula is C17H20BrNO2. The predicted octanol–water partition coefficient (Wildman–Crippen LogP) is 5.25. The lowest BCUT2D eigenvalue weighted by molar-refractivity contribution is 0.404. The van der Waals surface area contributed by atoms with Crippen molar-refractivity contribution in [1.82, 2.24) is 4.98 Å². The van der Waals surface area contributed by atoms with Crippen LogP contribution >= 0.6 is 15.9 Å². The zero-order valence-electron chi connectivity index (χ0n) is 13.0. The molecule has 0 fully saturated rings. The summed E-state index contributed by atoms with van der Waals surface area (Å²) in [5.74, 6) is 2.25. The van der Waals surface area contributed by atoms with Gasteiger partial charge in [-0.1, -0.05) is 20.8 Å². The van der Waals surface area contributed by atoms with Crippen LogP contribution in [0.5, 0.6) is 17.4 Å². The molecule has 0 bridgehead atoms. The minimum Gasteiger partial charge on any atom is -0.497 e. The number of benzene rings is 1. The van der Waals surface area contributed by atoms with Gasteiger partial charge in [0.1, 0.15) is 11.5 Å². The van der Waals surface area contributed by atoms with Gasteiger partial charge in [0.2, 0.25) is 5.88 Å². The Bertz CT molecular complexity index is 648. The molecule has 0 saturated heterocycles. The number of hydrogen-bond acceptors (Lipinski definition) is 3. The summed E-state index contributed by atoms with van der Waals surface area (Å²) in [7, 11) is 1.67. The van der Waals surface area contributed by atoms with Crippen LogP contribution in [-0.4, -0.2) is 12.1 Å². The fourth-order valence-electron chi connectivity index (χ4n) is 2.05. The Hall–Kier alpha value is -1.55. The third-order valence-electron chi connectivity index (χ3n) is 3.20. The normalized spacial score (nSPS) is 11.3. The van der Waals surface area contributed by atoms with Gasteiger partial charge in [-0.05, 0) is 52.5 Å². The summed E-state index contributed by atoms with van der Waals surface area (Å²) >= 11 is 3.41. The van der Waals surface area contributed by atoms with Gasteiger partial charge in [0.15, 0.2) is 0 Å². The molecule has 0 spiro atoms. The lowest BCUT2D eigenvalue weighted by atomic mass is 9.86. The first kappa shape index (κ1) is 15.8. The molecular weight excluding hydrogens is 330 g/mol. The molecule has 0 N–H and O–H groups in total. The van der Waals surface area contributed by atoms with E-state index in [1.165, 1.54) is 0 Å². The van der Waals surface area contributed by atoms with Crippen LogP contribution in [0.15, 0.2) is 34.9 Å². The Morgan fingerprint density at radius 3 is 2.43 bits per heavy atom. The Labute approximate surface area is 134 Å². The highest BCUT2D eigenvalue weighted by Crippen LogP contribution is 2.37. The van der Waals surface area contributed by atoms with Crippen LogP contribution in [-0.2, 0) is 5.41 Å². The van der Waals surface area contributed by atoms with E-state index in [9.17, 15) is 0 Å². The van der Waals surface area contributed by atoms with Gasteiger partial charge >= 0.3 is 0 Å². The summed E-state index contributed by atoms with van der Waals surface area (Å²) in [4.78, 5) is 4.34. The highest BCUT2D eigenvalue weighted by molar-refractivity contribution is 9.10. The van der Waals surface area contributed by atoms with Crippen LogP contribution < -0.4 is 9.47 Å². The van der Waals surface area contributed by atoms with E-state index in [1.54, 1.807) is 13.3 Å². The molecule has 0 amide bonds. The van der Waals surface area contributed by atoms with Crippen molar-refractivity contribution in [3.63, 3.8) is 0 Å². The molecule has 2 aromatic rings. The van der Waals surface area contributed by atoms with E-state index >= 15 is 0 Å². The first-order chi connectivity index (χ1) is 9.81. The van der Waals surface area contributed by atoms with Crippen LogP contribution in [0, 0.1) is 6.92 Å². The average Bonchev–Trinajstić information content (AvgIpc) is 2.41. The van der Waals surface area contributed by atoms with Gasteiger partial charge in [-0.15, -0.1) is 0 Å². The molecule has 21 heavy (non-hydrogen) atoms. The molecule has 0 aliphatic rings. The Kier molecular flexibility index (Phi) is 4.57.